The number of carbonyl (C=O) groups excluding carboxylic acids is 2. The standard InChI is InChI=1S/C28H24Cl3N3O3/c1-17-25(27(35)32-23(28(36)37-2)14-8-18-6-4-3-5-7-18)33-34(24-15-13-21(30)16-22(24)31)26(17)19-9-11-20(29)12-10-19/h3-7,9-13,15-16,23H,8,14H2,1-2H3,(H,32,35)/t23-/m0/s1. The third-order valence-corrected chi connectivity index (χ3v) is 6.74. The van der Waals surface area contributed by atoms with Gasteiger partial charge < -0.3 is 10.1 Å². The van der Waals surface area contributed by atoms with E-state index in [0.717, 1.165) is 11.1 Å². The van der Waals surface area contributed by atoms with E-state index in [0.29, 0.717) is 44.9 Å². The van der Waals surface area contributed by atoms with Gasteiger partial charge in [-0.2, -0.15) is 5.10 Å². The summed E-state index contributed by atoms with van der Waals surface area (Å²) in [5, 5.41) is 8.85. The minimum absolute atomic E-state index is 0.157. The Kier molecular flexibility index (Phi) is 8.54. The lowest BCUT2D eigenvalue weighted by atomic mass is 10.0. The van der Waals surface area contributed by atoms with E-state index in [2.05, 4.69) is 10.4 Å². The predicted molar refractivity (Wildman–Crippen MR) is 147 cm³/mol. The second kappa shape index (κ2) is 11.8. The average molecular weight is 557 g/mol. The maximum absolute atomic E-state index is 13.5. The number of halogens is 3. The zero-order valence-electron chi connectivity index (χ0n) is 20.2. The Balaban J connectivity index is 1.71. The zero-order valence-corrected chi connectivity index (χ0v) is 22.4. The molecule has 1 atom stereocenters. The van der Waals surface area contributed by atoms with Crippen molar-refractivity contribution in [1.82, 2.24) is 15.1 Å². The first kappa shape index (κ1) is 26.7. The predicted octanol–water partition coefficient (Wildman–Crippen LogP) is 6.71. The van der Waals surface area contributed by atoms with E-state index in [-0.39, 0.29) is 5.69 Å². The number of carbonyl (C=O) groups is 2. The molecule has 37 heavy (non-hydrogen) atoms. The van der Waals surface area contributed by atoms with Crippen LogP contribution in [0.2, 0.25) is 15.1 Å². The van der Waals surface area contributed by atoms with Crippen molar-refractivity contribution < 1.29 is 14.3 Å². The SMILES string of the molecule is COC(=O)[C@H](CCc1ccccc1)NC(=O)c1nn(-c2ccc(Cl)cc2Cl)c(-c2ccc(Cl)cc2)c1C. The first-order valence-corrected chi connectivity index (χ1v) is 12.7. The summed E-state index contributed by atoms with van der Waals surface area (Å²) in [5.74, 6) is -1.03. The van der Waals surface area contributed by atoms with Crippen LogP contribution in [-0.4, -0.2) is 34.8 Å². The third kappa shape index (κ3) is 6.16. The van der Waals surface area contributed by atoms with Crippen molar-refractivity contribution in [3.8, 4) is 16.9 Å². The molecule has 0 spiro atoms. The van der Waals surface area contributed by atoms with Crippen LogP contribution in [0.5, 0.6) is 0 Å². The van der Waals surface area contributed by atoms with Crippen molar-refractivity contribution in [2.75, 3.05) is 7.11 Å². The number of methoxy groups -OCH3 is 1. The normalized spacial score (nSPS) is 11.7. The molecule has 1 amide bonds. The molecule has 4 aromatic rings. The van der Waals surface area contributed by atoms with Gasteiger partial charge in [-0.25, -0.2) is 9.48 Å². The van der Waals surface area contributed by atoms with Gasteiger partial charge in [0.25, 0.3) is 5.91 Å². The highest BCUT2D eigenvalue weighted by molar-refractivity contribution is 6.35. The van der Waals surface area contributed by atoms with Gasteiger partial charge in [-0.05, 0) is 55.7 Å². The van der Waals surface area contributed by atoms with Crippen molar-refractivity contribution in [3.05, 3.63) is 105 Å². The summed E-state index contributed by atoms with van der Waals surface area (Å²) in [7, 11) is 1.30. The van der Waals surface area contributed by atoms with E-state index in [1.807, 2.05) is 42.5 Å². The van der Waals surface area contributed by atoms with Gasteiger partial charge in [0.2, 0.25) is 0 Å². The number of nitrogens with one attached hydrogen (secondary N) is 1. The van der Waals surface area contributed by atoms with Gasteiger partial charge in [-0.3, -0.25) is 4.79 Å². The van der Waals surface area contributed by atoms with E-state index < -0.39 is 17.9 Å². The van der Waals surface area contributed by atoms with Crippen LogP contribution in [0.15, 0.2) is 72.8 Å². The highest BCUT2D eigenvalue weighted by Crippen LogP contribution is 2.33. The minimum atomic E-state index is -0.847. The molecule has 9 heteroatoms. The maximum atomic E-state index is 13.5. The molecule has 0 fully saturated rings. The lowest BCUT2D eigenvalue weighted by Crippen LogP contribution is -2.42. The fourth-order valence-corrected chi connectivity index (χ4v) is 4.67. The summed E-state index contributed by atoms with van der Waals surface area (Å²) in [6.07, 6.45) is 0.958. The van der Waals surface area contributed by atoms with Crippen molar-refractivity contribution in [2.24, 2.45) is 0 Å². The lowest BCUT2D eigenvalue weighted by Gasteiger charge is -2.16. The molecule has 0 aliphatic heterocycles. The molecule has 6 nitrogen and oxygen atoms in total. The molecule has 0 saturated heterocycles. The second-order valence-corrected chi connectivity index (χ2v) is 9.69. The van der Waals surface area contributed by atoms with E-state index in [4.69, 9.17) is 39.5 Å². The molecule has 3 aromatic carbocycles. The first-order valence-electron chi connectivity index (χ1n) is 11.5. The van der Waals surface area contributed by atoms with Crippen LogP contribution in [-0.2, 0) is 16.0 Å². The Bertz CT molecular complexity index is 1420. The van der Waals surface area contributed by atoms with Crippen LogP contribution in [0.4, 0.5) is 0 Å². The lowest BCUT2D eigenvalue weighted by molar-refractivity contribution is -0.143. The van der Waals surface area contributed by atoms with Gasteiger partial charge in [-0.1, -0.05) is 77.3 Å². The largest absolute Gasteiger partial charge is 0.467 e. The van der Waals surface area contributed by atoms with Crippen LogP contribution in [0.3, 0.4) is 0 Å². The Hall–Kier alpha value is -3.32. The molecule has 0 aliphatic rings. The number of esters is 1. The fraction of sp³-hybridized carbons (Fsp3) is 0.179. The van der Waals surface area contributed by atoms with Gasteiger partial charge in [-0.15, -0.1) is 0 Å². The number of aromatic nitrogens is 2. The molecule has 1 aromatic heterocycles. The number of nitrogens with zero attached hydrogens (tertiary/aromatic N) is 2. The number of hydrogen-bond donors (Lipinski definition) is 1. The third-order valence-electron chi connectivity index (χ3n) is 5.95. The molecule has 0 radical (unpaired) electrons. The van der Waals surface area contributed by atoms with Crippen LogP contribution in [0, 0.1) is 6.92 Å². The van der Waals surface area contributed by atoms with E-state index in [1.165, 1.54) is 7.11 Å². The quantitative estimate of drug-likeness (QED) is 0.245. The van der Waals surface area contributed by atoms with Crippen molar-refractivity contribution >= 4 is 46.7 Å². The smallest absolute Gasteiger partial charge is 0.328 e. The highest BCUT2D eigenvalue weighted by Gasteiger charge is 2.27. The van der Waals surface area contributed by atoms with Gasteiger partial charge >= 0.3 is 5.97 Å². The topological polar surface area (TPSA) is 73.2 Å². The summed E-state index contributed by atoms with van der Waals surface area (Å²) in [5.41, 5.74) is 3.81. The number of rotatable bonds is 8. The van der Waals surface area contributed by atoms with E-state index in [9.17, 15) is 9.59 Å². The Morgan fingerprint density at radius 1 is 0.973 bits per heavy atom. The summed E-state index contributed by atoms with van der Waals surface area (Å²) >= 11 is 18.7. The van der Waals surface area contributed by atoms with Crippen molar-refractivity contribution in [1.29, 1.82) is 0 Å². The van der Waals surface area contributed by atoms with Gasteiger partial charge in [0.1, 0.15) is 6.04 Å². The van der Waals surface area contributed by atoms with Crippen molar-refractivity contribution in [2.45, 2.75) is 25.8 Å². The van der Waals surface area contributed by atoms with Crippen molar-refractivity contribution in [3.63, 3.8) is 0 Å². The molecular formula is C28H24Cl3N3O3. The Morgan fingerprint density at radius 2 is 1.65 bits per heavy atom. The van der Waals surface area contributed by atoms with Crippen LogP contribution < -0.4 is 5.32 Å². The molecule has 0 aliphatic carbocycles. The molecule has 4 rings (SSSR count). The zero-order chi connectivity index (χ0) is 26.5. The molecule has 1 N–H and O–H groups in total. The number of benzene rings is 3. The van der Waals surface area contributed by atoms with Crippen LogP contribution in [0.1, 0.15) is 28.0 Å². The molecule has 1 heterocycles. The number of aryl methyl sites for hydroxylation is 1. The van der Waals surface area contributed by atoms with Gasteiger partial charge in [0.15, 0.2) is 5.69 Å². The summed E-state index contributed by atoms with van der Waals surface area (Å²) in [6.45, 7) is 1.79. The molecule has 190 valence electrons. The monoisotopic (exact) mass is 555 g/mol. The summed E-state index contributed by atoms with van der Waals surface area (Å²) in [4.78, 5) is 26.0. The summed E-state index contributed by atoms with van der Waals surface area (Å²) < 4.78 is 6.55. The van der Waals surface area contributed by atoms with Gasteiger partial charge in [0.05, 0.1) is 23.5 Å². The molecule has 0 bridgehead atoms. The first-order chi connectivity index (χ1) is 17.8. The highest BCUT2D eigenvalue weighted by atomic mass is 35.5. The Labute approximate surface area is 230 Å². The number of amides is 1. The van der Waals surface area contributed by atoms with Gasteiger partial charge in [0, 0.05) is 21.2 Å². The number of ether oxygens (including phenoxy) is 1. The van der Waals surface area contributed by atoms with Crippen LogP contribution in [0.25, 0.3) is 16.9 Å². The molecule has 0 unspecified atom stereocenters. The Morgan fingerprint density at radius 3 is 2.30 bits per heavy atom. The average Bonchev–Trinajstić information content (AvgIpc) is 3.23. The molecular weight excluding hydrogens is 533 g/mol. The van der Waals surface area contributed by atoms with E-state index >= 15 is 0 Å². The van der Waals surface area contributed by atoms with E-state index in [1.54, 1.807) is 41.9 Å². The van der Waals surface area contributed by atoms with Crippen LogP contribution >= 0.6 is 34.8 Å². The fourth-order valence-electron chi connectivity index (χ4n) is 4.06. The minimum Gasteiger partial charge on any atom is -0.467 e. The molecule has 0 saturated carbocycles. The summed E-state index contributed by atoms with van der Waals surface area (Å²) in [6, 6.07) is 21.1. The maximum Gasteiger partial charge on any atom is 0.328 e. The second-order valence-electron chi connectivity index (χ2n) is 8.41. The number of hydrogen-bond acceptors (Lipinski definition) is 4.